The summed E-state index contributed by atoms with van der Waals surface area (Å²) in [5, 5.41) is 12.5. The zero-order valence-electron chi connectivity index (χ0n) is 12.9. The van der Waals surface area contributed by atoms with Gasteiger partial charge in [0.2, 0.25) is 0 Å². The molecule has 2 atom stereocenters. The molecule has 0 fully saturated rings. The van der Waals surface area contributed by atoms with E-state index in [0.29, 0.717) is 5.57 Å². The zero-order chi connectivity index (χ0) is 16.1. The molecule has 0 amide bonds. The second kappa shape index (κ2) is 7.57. The van der Waals surface area contributed by atoms with Gasteiger partial charge in [-0.05, 0) is 32.2 Å². The first-order chi connectivity index (χ1) is 10.6. The molecule has 5 heteroatoms. The Labute approximate surface area is 139 Å². The second-order valence-electron chi connectivity index (χ2n) is 4.99. The highest BCUT2D eigenvalue weighted by atomic mass is 32.2. The number of hydrogen-bond donors (Lipinski definition) is 0. The van der Waals surface area contributed by atoms with Gasteiger partial charge < -0.3 is 0 Å². The topological polar surface area (TPSA) is 53.2 Å². The van der Waals surface area contributed by atoms with Crippen LogP contribution in [0.25, 0.3) is 0 Å². The summed E-state index contributed by atoms with van der Waals surface area (Å²) >= 11 is 3.16. The number of Topliss-reactive ketones (excluding diaryl/α,β-unsaturated/α-hetero) is 1. The van der Waals surface area contributed by atoms with E-state index >= 15 is 0 Å². The Balaban J connectivity index is 2.48. The first-order valence-corrected chi connectivity index (χ1v) is 8.94. The van der Waals surface area contributed by atoms with Crippen LogP contribution >= 0.6 is 23.1 Å². The maximum Gasteiger partial charge on any atom is 0.158 e. The number of thiophene rings is 1. The van der Waals surface area contributed by atoms with Gasteiger partial charge in [-0.1, -0.05) is 18.2 Å². The molecule has 1 unspecified atom stereocenters. The number of carbonyl (C=O) groups excluding carboxylic acids is 1. The number of aliphatic imine (C=N–C) groups is 1. The number of carbonyl (C=O) groups is 1. The molecule has 1 aromatic heterocycles. The normalized spacial score (nSPS) is 21.8. The number of thioether (sulfide) groups is 1. The van der Waals surface area contributed by atoms with Gasteiger partial charge in [-0.2, -0.15) is 5.26 Å². The second-order valence-corrected chi connectivity index (χ2v) is 7.00. The van der Waals surface area contributed by atoms with Crippen LogP contribution in [0, 0.1) is 17.2 Å². The van der Waals surface area contributed by atoms with Gasteiger partial charge >= 0.3 is 0 Å². The molecule has 22 heavy (non-hydrogen) atoms. The molecule has 1 aromatic rings. The minimum Gasteiger partial charge on any atom is -0.295 e. The Bertz CT molecular complexity index is 678. The molecule has 114 valence electrons. The van der Waals surface area contributed by atoms with Crippen molar-refractivity contribution in [1.29, 1.82) is 5.26 Å². The van der Waals surface area contributed by atoms with Crippen molar-refractivity contribution in [2.24, 2.45) is 10.9 Å². The lowest BCUT2D eigenvalue weighted by Crippen LogP contribution is -2.27. The number of ketones is 1. The summed E-state index contributed by atoms with van der Waals surface area (Å²) in [4.78, 5) is 17.7. The average molecular weight is 330 g/mol. The third kappa shape index (κ3) is 3.40. The van der Waals surface area contributed by atoms with Crippen LogP contribution < -0.4 is 0 Å². The molecule has 1 aliphatic rings. The Kier molecular flexibility index (Phi) is 5.76. The lowest BCUT2D eigenvalue weighted by molar-refractivity contribution is -0.114. The van der Waals surface area contributed by atoms with Crippen molar-refractivity contribution >= 4 is 33.9 Å². The lowest BCUT2D eigenvalue weighted by atomic mass is 9.81. The van der Waals surface area contributed by atoms with Crippen LogP contribution in [0.4, 0.5) is 0 Å². The molecule has 0 radical (unpaired) electrons. The third-order valence-corrected chi connectivity index (χ3v) is 5.46. The number of rotatable bonds is 4. The fraction of sp³-hybridized carbons (Fsp3) is 0.353. The molecule has 0 aliphatic carbocycles. The molecule has 2 rings (SSSR count). The molecule has 1 aliphatic heterocycles. The van der Waals surface area contributed by atoms with Gasteiger partial charge in [-0.25, -0.2) is 4.99 Å². The largest absolute Gasteiger partial charge is 0.295 e. The average Bonchev–Trinajstić information content (AvgIpc) is 3.00. The molecule has 3 nitrogen and oxygen atoms in total. The van der Waals surface area contributed by atoms with Crippen molar-refractivity contribution in [3.8, 4) is 6.07 Å². The third-order valence-electron chi connectivity index (χ3n) is 3.51. The SMILES string of the molecule is C/C=C/CSC1=NC(C)=C(C(C)=O)[C@@H](c2cccs2)C1C#N. The summed E-state index contributed by atoms with van der Waals surface area (Å²) in [6.45, 7) is 5.39. The van der Waals surface area contributed by atoms with Gasteiger partial charge in [0.05, 0.1) is 11.1 Å². The Morgan fingerprint density at radius 2 is 2.36 bits per heavy atom. The summed E-state index contributed by atoms with van der Waals surface area (Å²) in [6, 6.07) is 6.32. The van der Waals surface area contributed by atoms with E-state index < -0.39 is 5.92 Å². The summed E-state index contributed by atoms with van der Waals surface area (Å²) in [5.41, 5.74) is 1.41. The summed E-state index contributed by atoms with van der Waals surface area (Å²) < 4.78 is 0. The summed E-state index contributed by atoms with van der Waals surface area (Å²) in [7, 11) is 0. The van der Waals surface area contributed by atoms with Gasteiger partial charge in [0, 0.05) is 27.8 Å². The minimum atomic E-state index is -0.392. The van der Waals surface area contributed by atoms with Gasteiger partial charge in [-0.15, -0.1) is 23.1 Å². The highest BCUT2D eigenvalue weighted by molar-refractivity contribution is 8.14. The summed E-state index contributed by atoms with van der Waals surface area (Å²) in [5.74, 6) is 0.190. The Hall–Kier alpha value is -1.64. The van der Waals surface area contributed by atoms with E-state index in [9.17, 15) is 10.1 Å². The number of hydrogen-bond acceptors (Lipinski definition) is 5. The van der Waals surface area contributed by atoms with Crippen LogP contribution in [-0.2, 0) is 4.79 Å². The number of nitriles is 1. The van der Waals surface area contributed by atoms with Crippen LogP contribution in [0.15, 0.2) is 45.9 Å². The fourth-order valence-corrected chi connectivity index (χ4v) is 4.46. The zero-order valence-corrected chi connectivity index (χ0v) is 14.5. The van der Waals surface area contributed by atoms with Crippen LogP contribution in [0.2, 0.25) is 0 Å². The highest BCUT2D eigenvalue weighted by Crippen LogP contribution is 2.42. The Morgan fingerprint density at radius 1 is 1.59 bits per heavy atom. The maximum absolute atomic E-state index is 12.1. The van der Waals surface area contributed by atoms with Crippen molar-refractivity contribution in [3.63, 3.8) is 0 Å². The van der Waals surface area contributed by atoms with Crippen molar-refractivity contribution in [1.82, 2.24) is 0 Å². The van der Waals surface area contributed by atoms with Gasteiger partial charge in [0.15, 0.2) is 5.78 Å². The van der Waals surface area contributed by atoms with Crippen LogP contribution in [0.3, 0.4) is 0 Å². The molecule has 0 aromatic carbocycles. The maximum atomic E-state index is 12.1. The summed E-state index contributed by atoms with van der Waals surface area (Å²) in [6.07, 6.45) is 4.03. The van der Waals surface area contributed by atoms with Crippen molar-refractivity contribution in [2.75, 3.05) is 5.75 Å². The van der Waals surface area contributed by atoms with E-state index in [2.05, 4.69) is 11.1 Å². The number of allylic oxidation sites excluding steroid dienone is 3. The van der Waals surface area contributed by atoms with E-state index in [4.69, 9.17) is 0 Å². The van der Waals surface area contributed by atoms with E-state index in [0.717, 1.165) is 21.4 Å². The van der Waals surface area contributed by atoms with Crippen LogP contribution in [0.1, 0.15) is 31.6 Å². The first-order valence-electron chi connectivity index (χ1n) is 7.07. The predicted molar refractivity (Wildman–Crippen MR) is 94.3 cm³/mol. The van der Waals surface area contributed by atoms with Gasteiger partial charge in [-0.3, -0.25) is 4.79 Å². The molecule has 0 bridgehead atoms. The highest BCUT2D eigenvalue weighted by Gasteiger charge is 2.37. The molecular formula is C17H18N2OS2. The Morgan fingerprint density at radius 3 is 2.91 bits per heavy atom. The van der Waals surface area contributed by atoms with Crippen molar-refractivity contribution < 1.29 is 4.79 Å². The fourth-order valence-electron chi connectivity index (χ4n) is 2.56. The smallest absolute Gasteiger partial charge is 0.158 e. The minimum absolute atomic E-state index is 0.00240. The standard InChI is InChI=1S/C17H18N2OS2/c1-4-5-8-22-17-13(10-18)16(14-7-6-9-21-14)15(12(3)20)11(2)19-17/h4-7,9,13,16H,8H2,1-3H3/b5-4+/t13?,16-/m1/s1. The molecule has 0 saturated heterocycles. The van der Waals surface area contributed by atoms with Crippen molar-refractivity contribution in [3.05, 3.63) is 45.8 Å². The molecule has 0 spiro atoms. The molecule has 2 heterocycles. The molecule has 0 N–H and O–H groups in total. The van der Waals surface area contributed by atoms with E-state index in [1.807, 2.05) is 43.5 Å². The van der Waals surface area contributed by atoms with E-state index in [-0.39, 0.29) is 11.7 Å². The number of nitrogens with zero attached hydrogens (tertiary/aromatic N) is 2. The van der Waals surface area contributed by atoms with E-state index in [1.54, 1.807) is 30.0 Å². The predicted octanol–water partition coefficient (Wildman–Crippen LogP) is 4.56. The van der Waals surface area contributed by atoms with Gasteiger partial charge in [0.25, 0.3) is 0 Å². The quantitative estimate of drug-likeness (QED) is 0.761. The van der Waals surface area contributed by atoms with Crippen LogP contribution in [-0.4, -0.2) is 16.6 Å². The molecular weight excluding hydrogens is 312 g/mol. The monoisotopic (exact) mass is 330 g/mol. The molecule has 0 saturated carbocycles. The lowest BCUT2D eigenvalue weighted by Gasteiger charge is -2.28. The first kappa shape index (κ1) is 16.7. The van der Waals surface area contributed by atoms with Crippen molar-refractivity contribution in [2.45, 2.75) is 26.7 Å². The van der Waals surface area contributed by atoms with E-state index in [1.165, 1.54) is 0 Å². The van der Waals surface area contributed by atoms with Gasteiger partial charge in [0.1, 0.15) is 5.92 Å². The van der Waals surface area contributed by atoms with Crippen LogP contribution in [0.5, 0.6) is 0 Å².